The Bertz CT molecular complexity index is 938. The molecule has 2 N–H and O–H groups in total. The zero-order chi connectivity index (χ0) is 21.0. The van der Waals surface area contributed by atoms with E-state index < -0.39 is 12.1 Å². The molecule has 0 aromatic heterocycles. The number of nitrogens with one attached hydrogen (secondary N) is 1. The molecule has 0 radical (unpaired) electrons. The topological polar surface area (TPSA) is 98.9 Å². The molecule has 0 bridgehead atoms. The lowest BCUT2D eigenvalue weighted by atomic mass is 10.2. The monoisotopic (exact) mass is 395 g/mol. The number of anilines is 1. The number of amides is 1. The van der Waals surface area contributed by atoms with Crippen LogP contribution in [0.5, 0.6) is 5.75 Å². The van der Waals surface area contributed by atoms with E-state index in [1.165, 1.54) is 6.07 Å². The second-order valence-corrected chi connectivity index (χ2v) is 6.91. The lowest BCUT2D eigenvalue weighted by molar-refractivity contribution is -0.123. The van der Waals surface area contributed by atoms with E-state index >= 15 is 0 Å². The largest absolute Gasteiger partial charge is 0.507 e. The van der Waals surface area contributed by atoms with Crippen LogP contribution in [-0.4, -0.2) is 49.7 Å². The smallest absolute Gasteiger partial charge is 0.248 e. The molecule has 3 rings (SSSR count). The number of carbonyl (C=O) groups excluding carboxylic acids is 1. The summed E-state index contributed by atoms with van der Waals surface area (Å²) in [6.45, 7) is 4.14. The number of azo groups is 1. The Balaban J connectivity index is 1.75. The zero-order valence-electron chi connectivity index (χ0n) is 17.0. The number of nitrogens with zero attached hydrogens (tertiary/aromatic N) is 4. The van der Waals surface area contributed by atoms with Crippen LogP contribution in [0.2, 0.25) is 0 Å². The molecule has 0 saturated carbocycles. The van der Waals surface area contributed by atoms with Gasteiger partial charge in [-0.15, -0.1) is 0 Å². The highest BCUT2D eigenvalue weighted by Gasteiger charge is 2.34. The summed E-state index contributed by atoms with van der Waals surface area (Å²) in [6.07, 6.45) is -0.402. The summed E-state index contributed by atoms with van der Waals surface area (Å²) >= 11 is 0. The number of benzene rings is 2. The van der Waals surface area contributed by atoms with Crippen LogP contribution in [0.1, 0.15) is 19.4 Å². The summed E-state index contributed by atoms with van der Waals surface area (Å²) in [5, 5.41) is 21.5. The molecule has 29 heavy (non-hydrogen) atoms. The Kier molecular flexibility index (Phi) is 6.11. The fraction of sp³-hybridized carbons (Fsp3) is 0.333. The highest BCUT2D eigenvalue weighted by atomic mass is 16.5. The van der Waals surface area contributed by atoms with Crippen LogP contribution in [0.4, 0.5) is 17.1 Å². The molecule has 2 aromatic carbocycles. The van der Waals surface area contributed by atoms with E-state index in [9.17, 15) is 9.90 Å². The maximum Gasteiger partial charge on any atom is 0.248 e. The zero-order valence-corrected chi connectivity index (χ0v) is 17.0. The number of likely N-dealkylation sites (N-methyl/N-ethyl adjacent to an activating group) is 1. The first-order valence-corrected chi connectivity index (χ1v) is 9.43. The Hall–Kier alpha value is -3.42. The molecule has 1 aliphatic heterocycles. The first-order chi connectivity index (χ1) is 13.9. The number of hydrogen-bond donors (Lipinski definition) is 2. The third-order valence-electron chi connectivity index (χ3n) is 4.48. The molecule has 0 aliphatic carbocycles. The molecule has 0 spiro atoms. The van der Waals surface area contributed by atoms with Crippen molar-refractivity contribution in [2.24, 2.45) is 15.2 Å². The standard InChI is InChI=1S/C21H25N5O3/c1-5-22-20(28)19-13(2)29-21(23-19)17-11-8-15(12-18(17)27)25-24-14-6-9-16(10-7-14)26(3)4/h6-13,19,27H,5H2,1-4H3,(H,22,28)/t13-,19-/m0/s1. The summed E-state index contributed by atoms with van der Waals surface area (Å²) in [5.41, 5.74) is 2.69. The van der Waals surface area contributed by atoms with Gasteiger partial charge in [-0.1, -0.05) is 0 Å². The number of aromatic hydroxyl groups is 1. The molecule has 0 saturated heterocycles. The van der Waals surface area contributed by atoms with Crippen molar-refractivity contribution in [3.8, 4) is 5.75 Å². The van der Waals surface area contributed by atoms with Gasteiger partial charge in [0.2, 0.25) is 11.8 Å². The van der Waals surface area contributed by atoms with Gasteiger partial charge >= 0.3 is 0 Å². The molecule has 1 aliphatic rings. The Morgan fingerprint density at radius 2 is 1.83 bits per heavy atom. The van der Waals surface area contributed by atoms with Gasteiger partial charge in [0, 0.05) is 32.4 Å². The first-order valence-electron chi connectivity index (χ1n) is 9.43. The molecule has 2 aromatic rings. The maximum absolute atomic E-state index is 12.1. The van der Waals surface area contributed by atoms with E-state index in [1.807, 2.05) is 50.2 Å². The van der Waals surface area contributed by atoms with Crippen molar-refractivity contribution in [1.29, 1.82) is 0 Å². The fourth-order valence-electron chi connectivity index (χ4n) is 2.88. The Labute approximate surface area is 169 Å². The molecule has 152 valence electrons. The Morgan fingerprint density at radius 1 is 1.17 bits per heavy atom. The quantitative estimate of drug-likeness (QED) is 0.731. The average molecular weight is 395 g/mol. The summed E-state index contributed by atoms with van der Waals surface area (Å²) in [7, 11) is 3.94. The SMILES string of the molecule is CCNC(=O)[C@H]1N=C(c2ccc(N=Nc3ccc(N(C)C)cc3)cc2O)O[C@H]1C. The predicted molar refractivity (Wildman–Crippen MR) is 113 cm³/mol. The van der Waals surface area contributed by atoms with Crippen LogP contribution >= 0.6 is 0 Å². The molecule has 1 heterocycles. The molecule has 8 heteroatoms. The number of hydrogen-bond acceptors (Lipinski definition) is 7. The number of carbonyl (C=O) groups is 1. The summed E-state index contributed by atoms with van der Waals surface area (Å²) < 4.78 is 5.68. The van der Waals surface area contributed by atoms with Gasteiger partial charge in [-0.25, -0.2) is 4.99 Å². The van der Waals surface area contributed by atoms with Crippen LogP contribution in [-0.2, 0) is 9.53 Å². The third-order valence-corrected chi connectivity index (χ3v) is 4.48. The lowest BCUT2D eigenvalue weighted by Gasteiger charge is -2.12. The minimum absolute atomic E-state index is 0.0353. The lowest BCUT2D eigenvalue weighted by Crippen LogP contribution is -2.38. The molecular formula is C21H25N5O3. The molecule has 1 amide bonds. The number of phenolic OH excluding ortho intramolecular Hbond substituents is 1. The van der Waals surface area contributed by atoms with Gasteiger partial charge in [0.05, 0.1) is 16.9 Å². The van der Waals surface area contributed by atoms with Gasteiger partial charge in [-0.2, -0.15) is 10.2 Å². The second-order valence-electron chi connectivity index (χ2n) is 6.91. The van der Waals surface area contributed by atoms with Gasteiger partial charge in [0.15, 0.2) is 6.04 Å². The van der Waals surface area contributed by atoms with Gasteiger partial charge < -0.3 is 20.1 Å². The van der Waals surface area contributed by atoms with Crippen LogP contribution in [0.3, 0.4) is 0 Å². The van der Waals surface area contributed by atoms with E-state index in [1.54, 1.807) is 19.1 Å². The average Bonchev–Trinajstić information content (AvgIpc) is 3.08. The highest BCUT2D eigenvalue weighted by molar-refractivity contribution is 6.01. The van der Waals surface area contributed by atoms with Crippen molar-refractivity contribution in [3.05, 3.63) is 48.0 Å². The van der Waals surface area contributed by atoms with E-state index in [2.05, 4.69) is 20.5 Å². The minimum atomic E-state index is -0.631. The van der Waals surface area contributed by atoms with Gasteiger partial charge in [0.1, 0.15) is 11.9 Å². The normalized spacial score (nSPS) is 18.4. The van der Waals surface area contributed by atoms with Gasteiger partial charge in [-0.05, 0) is 50.2 Å². The van der Waals surface area contributed by atoms with Crippen molar-refractivity contribution in [3.63, 3.8) is 0 Å². The second kappa shape index (κ2) is 8.72. The van der Waals surface area contributed by atoms with Crippen molar-refractivity contribution in [2.75, 3.05) is 25.5 Å². The molecule has 2 atom stereocenters. The van der Waals surface area contributed by atoms with Crippen molar-refractivity contribution in [2.45, 2.75) is 26.0 Å². The van der Waals surface area contributed by atoms with E-state index in [4.69, 9.17) is 4.74 Å². The molecule has 8 nitrogen and oxygen atoms in total. The van der Waals surface area contributed by atoms with Crippen molar-refractivity contribution in [1.82, 2.24) is 5.32 Å². The summed E-state index contributed by atoms with van der Waals surface area (Å²) in [6, 6.07) is 11.9. The van der Waals surface area contributed by atoms with Crippen LogP contribution in [0.15, 0.2) is 57.7 Å². The van der Waals surface area contributed by atoms with E-state index in [0.29, 0.717) is 23.5 Å². The van der Waals surface area contributed by atoms with Gasteiger partial charge in [0.25, 0.3) is 0 Å². The van der Waals surface area contributed by atoms with Gasteiger partial charge in [-0.3, -0.25) is 4.79 Å². The number of rotatable bonds is 6. The number of aliphatic imine (C=N–C) groups is 1. The maximum atomic E-state index is 12.1. The van der Waals surface area contributed by atoms with E-state index in [-0.39, 0.29) is 17.6 Å². The Morgan fingerprint density at radius 3 is 2.45 bits per heavy atom. The molecule has 0 fully saturated rings. The summed E-state index contributed by atoms with van der Waals surface area (Å²) in [4.78, 5) is 18.4. The van der Waals surface area contributed by atoms with Crippen LogP contribution < -0.4 is 10.2 Å². The number of phenols is 1. The minimum Gasteiger partial charge on any atom is -0.507 e. The fourth-order valence-corrected chi connectivity index (χ4v) is 2.88. The first kappa shape index (κ1) is 20.3. The molecular weight excluding hydrogens is 370 g/mol. The third kappa shape index (κ3) is 4.71. The summed E-state index contributed by atoms with van der Waals surface area (Å²) in [5.74, 6) is 0.0149. The van der Waals surface area contributed by atoms with Crippen LogP contribution in [0, 0.1) is 0 Å². The van der Waals surface area contributed by atoms with E-state index in [0.717, 1.165) is 5.69 Å². The molecule has 0 unspecified atom stereocenters. The predicted octanol–water partition coefficient (Wildman–Crippen LogP) is 3.54. The van der Waals surface area contributed by atoms with Crippen molar-refractivity contribution >= 4 is 28.9 Å². The van der Waals surface area contributed by atoms with Crippen molar-refractivity contribution < 1.29 is 14.6 Å². The highest BCUT2D eigenvalue weighted by Crippen LogP contribution is 2.29. The van der Waals surface area contributed by atoms with Crippen LogP contribution in [0.25, 0.3) is 0 Å². The number of ether oxygens (including phenoxy) is 1.